The summed E-state index contributed by atoms with van der Waals surface area (Å²) in [6.07, 6.45) is 3.54. The maximum absolute atomic E-state index is 13.0. The highest BCUT2D eigenvalue weighted by Crippen LogP contribution is 2.28. The van der Waals surface area contributed by atoms with E-state index in [0.29, 0.717) is 17.7 Å². The molecule has 4 rings (SSSR count). The number of rotatable bonds is 5. The van der Waals surface area contributed by atoms with E-state index in [4.69, 9.17) is 0 Å². The highest BCUT2D eigenvalue weighted by molar-refractivity contribution is 5.95. The predicted octanol–water partition coefficient (Wildman–Crippen LogP) is 3.94. The summed E-state index contributed by atoms with van der Waals surface area (Å²) in [7, 11) is 0. The quantitative estimate of drug-likeness (QED) is 0.640. The average molecular weight is 415 g/mol. The SMILES string of the molecule is CC(=O)c1ccc(NC(=O)Cn2nc(-c3ccc(C)cc3)c3c(c2=O)CCCC3)cc1. The topological polar surface area (TPSA) is 81.1 Å². The van der Waals surface area contributed by atoms with Crippen LogP contribution in [0.4, 0.5) is 5.69 Å². The number of amides is 1. The molecule has 0 radical (unpaired) electrons. The van der Waals surface area contributed by atoms with Crippen LogP contribution < -0.4 is 10.9 Å². The van der Waals surface area contributed by atoms with E-state index in [1.54, 1.807) is 24.3 Å². The van der Waals surface area contributed by atoms with Crippen molar-refractivity contribution in [1.82, 2.24) is 9.78 Å². The van der Waals surface area contributed by atoms with E-state index in [0.717, 1.165) is 47.2 Å². The summed E-state index contributed by atoms with van der Waals surface area (Å²) in [6, 6.07) is 14.8. The maximum Gasteiger partial charge on any atom is 0.270 e. The molecule has 31 heavy (non-hydrogen) atoms. The smallest absolute Gasteiger partial charge is 0.270 e. The molecule has 1 aliphatic rings. The summed E-state index contributed by atoms with van der Waals surface area (Å²) in [5, 5.41) is 7.38. The predicted molar refractivity (Wildman–Crippen MR) is 120 cm³/mol. The maximum atomic E-state index is 13.0. The van der Waals surface area contributed by atoms with Gasteiger partial charge in [-0.2, -0.15) is 5.10 Å². The second-order valence-corrected chi connectivity index (χ2v) is 8.02. The third-order valence-electron chi connectivity index (χ3n) is 5.66. The third kappa shape index (κ3) is 4.48. The molecule has 1 N–H and O–H groups in total. The van der Waals surface area contributed by atoms with Gasteiger partial charge in [0, 0.05) is 22.4 Å². The van der Waals surface area contributed by atoms with Crippen molar-refractivity contribution >= 4 is 17.4 Å². The molecule has 158 valence electrons. The normalized spacial score (nSPS) is 12.8. The summed E-state index contributed by atoms with van der Waals surface area (Å²) in [4.78, 5) is 37.1. The molecule has 1 amide bonds. The number of anilines is 1. The molecule has 6 heteroatoms. The fourth-order valence-corrected chi connectivity index (χ4v) is 3.96. The van der Waals surface area contributed by atoms with Gasteiger partial charge in [0.05, 0.1) is 5.69 Å². The zero-order valence-corrected chi connectivity index (χ0v) is 17.8. The molecule has 1 aromatic heterocycles. The molecular formula is C25H25N3O3. The van der Waals surface area contributed by atoms with Crippen LogP contribution in [0.15, 0.2) is 53.3 Å². The minimum atomic E-state index is -0.337. The Morgan fingerprint density at radius 3 is 2.26 bits per heavy atom. The number of nitrogens with zero attached hydrogens (tertiary/aromatic N) is 2. The van der Waals surface area contributed by atoms with Gasteiger partial charge in [-0.1, -0.05) is 29.8 Å². The average Bonchev–Trinajstić information content (AvgIpc) is 2.77. The second kappa shape index (κ2) is 8.68. The van der Waals surface area contributed by atoms with Crippen LogP contribution in [0, 0.1) is 6.92 Å². The summed E-state index contributed by atoms with van der Waals surface area (Å²) in [6.45, 7) is 3.35. The second-order valence-electron chi connectivity index (χ2n) is 8.02. The first-order valence-electron chi connectivity index (χ1n) is 10.5. The molecule has 2 aromatic carbocycles. The molecular weight excluding hydrogens is 390 g/mol. The van der Waals surface area contributed by atoms with Crippen molar-refractivity contribution in [3.05, 3.63) is 81.1 Å². The van der Waals surface area contributed by atoms with Crippen LogP contribution in [0.25, 0.3) is 11.3 Å². The van der Waals surface area contributed by atoms with Crippen LogP contribution in [-0.4, -0.2) is 21.5 Å². The van der Waals surface area contributed by atoms with Gasteiger partial charge in [0.2, 0.25) is 5.91 Å². The van der Waals surface area contributed by atoms with Crippen molar-refractivity contribution in [2.45, 2.75) is 46.1 Å². The fourth-order valence-electron chi connectivity index (χ4n) is 3.96. The lowest BCUT2D eigenvalue weighted by molar-refractivity contribution is -0.117. The number of carbonyl (C=O) groups excluding carboxylic acids is 2. The van der Waals surface area contributed by atoms with Crippen LogP contribution >= 0.6 is 0 Å². The number of carbonyl (C=O) groups is 2. The highest BCUT2D eigenvalue weighted by atomic mass is 16.2. The Morgan fingerprint density at radius 1 is 0.968 bits per heavy atom. The molecule has 0 fully saturated rings. The number of aromatic nitrogens is 2. The monoisotopic (exact) mass is 415 g/mol. The zero-order chi connectivity index (χ0) is 22.0. The fraction of sp³-hybridized carbons (Fsp3) is 0.280. The molecule has 0 aliphatic heterocycles. The number of fused-ring (bicyclic) bond motifs is 1. The van der Waals surface area contributed by atoms with Crippen molar-refractivity contribution in [2.24, 2.45) is 0 Å². The van der Waals surface area contributed by atoms with Crippen molar-refractivity contribution in [1.29, 1.82) is 0 Å². The number of benzene rings is 2. The number of hydrogen-bond acceptors (Lipinski definition) is 4. The standard InChI is InChI=1S/C25H25N3O3/c1-16-7-9-19(10-8-16)24-21-5-3-4-6-22(21)25(31)28(27-24)15-23(30)26-20-13-11-18(12-14-20)17(2)29/h7-14H,3-6,15H2,1-2H3,(H,26,30). The van der Waals surface area contributed by atoms with Gasteiger partial charge in [-0.25, -0.2) is 4.68 Å². The highest BCUT2D eigenvalue weighted by Gasteiger charge is 2.22. The van der Waals surface area contributed by atoms with Crippen molar-refractivity contribution in [3.8, 4) is 11.3 Å². The zero-order valence-electron chi connectivity index (χ0n) is 17.8. The van der Waals surface area contributed by atoms with Crippen LogP contribution in [0.5, 0.6) is 0 Å². The Balaban J connectivity index is 1.64. The van der Waals surface area contributed by atoms with Crippen molar-refractivity contribution in [2.75, 3.05) is 5.32 Å². The Morgan fingerprint density at radius 2 is 1.61 bits per heavy atom. The van der Waals surface area contributed by atoms with Gasteiger partial charge >= 0.3 is 0 Å². The number of hydrogen-bond donors (Lipinski definition) is 1. The lowest BCUT2D eigenvalue weighted by Crippen LogP contribution is -2.34. The summed E-state index contributed by atoms with van der Waals surface area (Å²) in [5.74, 6) is -0.373. The van der Waals surface area contributed by atoms with Gasteiger partial charge in [-0.05, 0) is 69.4 Å². The Labute approximate surface area is 180 Å². The van der Waals surface area contributed by atoms with E-state index < -0.39 is 0 Å². The first-order valence-corrected chi connectivity index (χ1v) is 10.5. The number of Topliss-reactive ketones (excluding diaryl/α,β-unsaturated/α-hetero) is 1. The molecule has 0 spiro atoms. The van der Waals surface area contributed by atoms with Gasteiger partial charge in [0.25, 0.3) is 5.56 Å². The van der Waals surface area contributed by atoms with E-state index in [1.165, 1.54) is 11.6 Å². The molecule has 0 bridgehead atoms. The number of nitrogens with one attached hydrogen (secondary N) is 1. The van der Waals surface area contributed by atoms with Gasteiger partial charge in [-0.3, -0.25) is 14.4 Å². The van der Waals surface area contributed by atoms with Crippen molar-refractivity contribution < 1.29 is 9.59 Å². The largest absolute Gasteiger partial charge is 0.324 e. The van der Waals surface area contributed by atoms with E-state index >= 15 is 0 Å². The van der Waals surface area contributed by atoms with Crippen LogP contribution in [0.1, 0.15) is 46.8 Å². The van der Waals surface area contributed by atoms with Gasteiger partial charge < -0.3 is 5.32 Å². The Hall–Kier alpha value is -3.54. The van der Waals surface area contributed by atoms with Gasteiger partial charge in [0.1, 0.15) is 6.54 Å². The van der Waals surface area contributed by atoms with Crippen molar-refractivity contribution in [3.63, 3.8) is 0 Å². The third-order valence-corrected chi connectivity index (χ3v) is 5.66. The number of ketones is 1. The lowest BCUT2D eigenvalue weighted by atomic mass is 9.89. The molecule has 6 nitrogen and oxygen atoms in total. The Bertz CT molecular complexity index is 1190. The molecule has 0 saturated heterocycles. The molecule has 1 aliphatic carbocycles. The Kier molecular flexibility index (Phi) is 5.80. The van der Waals surface area contributed by atoms with Crippen LogP contribution in [0.2, 0.25) is 0 Å². The van der Waals surface area contributed by atoms with E-state index in [9.17, 15) is 14.4 Å². The lowest BCUT2D eigenvalue weighted by Gasteiger charge is -2.20. The summed E-state index contributed by atoms with van der Waals surface area (Å²) >= 11 is 0. The molecule has 0 atom stereocenters. The molecule has 1 heterocycles. The minimum absolute atomic E-state index is 0.0358. The summed E-state index contributed by atoms with van der Waals surface area (Å²) in [5.41, 5.74) is 5.64. The van der Waals surface area contributed by atoms with Crippen LogP contribution in [-0.2, 0) is 24.2 Å². The van der Waals surface area contributed by atoms with E-state index in [-0.39, 0.29) is 23.8 Å². The molecule has 0 saturated carbocycles. The van der Waals surface area contributed by atoms with Gasteiger partial charge in [-0.15, -0.1) is 0 Å². The van der Waals surface area contributed by atoms with E-state index in [2.05, 4.69) is 10.4 Å². The molecule has 0 unspecified atom stereocenters. The molecule has 3 aromatic rings. The first-order chi connectivity index (χ1) is 14.9. The first kappa shape index (κ1) is 20.7. The number of aryl methyl sites for hydroxylation is 1. The van der Waals surface area contributed by atoms with Crippen LogP contribution in [0.3, 0.4) is 0 Å². The summed E-state index contributed by atoms with van der Waals surface area (Å²) < 4.78 is 1.28. The van der Waals surface area contributed by atoms with Gasteiger partial charge in [0.15, 0.2) is 5.78 Å². The minimum Gasteiger partial charge on any atom is -0.324 e. The van der Waals surface area contributed by atoms with E-state index in [1.807, 2.05) is 31.2 Å².